The zero-order valence-corrected chi connectivity index (χ0v) is 12.6. The summed E-state index contributed by atoms with van der Waals surface area (Å²) < 4.78 is 15.3. The Morgan fingerprint density at radius 1 is 1.10 bits per heavy atom. The highest BCUT2D eigenvalue weighted by atomic mass is 16.6. The lowest BCUT2D eigenvalue weighted by molar-refractivity contribution is -0.156. The van der Waals surface area contributed by atoms with Crippen molar-refractivity contribution in [3.05, 3.63) is 0 Å². The van der Waals surface area contributed by atoms with Gasteiger partial charge in [-0.2, -0.15) is 0 Å². The normalized spacial score (nSPS) is 11.2. The van der Waals surface area contributed by atoms with Gasteiger partial charge in [-0.3, -0.25) is 9.59 Å². The zero-order valence-electron chi connectivity index (χ0n) is 12.6. The third-order valence-corrected chi connectivity index (χ3v) is 1.93. The molecule has 0 unspecified atom stereocenters. The van der Waals surface area contributed by atoms with Gasteiger partial charge in [-0.25, -0.2) is 0 Å². The van der Waals surface area contributed by atoms with Gasteiger partial charge in [0.15, 0.2) is 0 Å². The highest BCUT2D eigenvalue weighted by Crippen LogP contribution is 2.07. The first-order chi connectivity index (χ1) is 9.35. The molecule has 0 aliphatic rings. The van der Waals surface area contributed by atoms with Crippen LogP contribution in [0.5, 0.6) is 0 Å². The fraction of sp³-hybridized carbons (Fsp3) is 0.846. The maximum atomic E-state index is 11.3. The third kappa shape index (κ3) is 13.3. The molecule has 0 saturated heterocycles. The highest BCUT2D eigenvalue weighted by molar-refractivity contribution is 5.77. The van der Waals surface area contributed by atoms with Crippen molar-refractivity contribution in [3.63, 3.8) is 0 Å². The zero-order chi connectivity index (χ0) is 15.4. The number of ether oxygens (including phenoxy) is 3. The minimum Gasteiger partial charge on any atom is -0.460 e. The Kier molecular flexibility index (Phi) is 9.96. The Labute approximate surface area is 120 Å². The van der Waals surface area contributed by atoms with Gasteiger partial charge in [0.25, 0.3) is 0 Å². The number of esters is 1. The summed E-state index contributed by atoms with van der Waals surface area (Å²) >= 11 is 0. The van der Waals surface area contributed by atoms with Crippen LogP contribution in [0, 0.1) is 0 Å². The van der Waals surface area contributed by atoms with Gasteiger partial charge in [0.2, 0.25) is 5.91 Å². The second-order valence-electron chi connectivity index (χ2n) is 5.14. The molecule has 0 radical (unpaired) electrons. The number of nitrogens with one attached hydrogen (secondary N) is 1. The monoisotopic (exact) mass is 290 g/mol. The van der Waals surface area contributed by atoms with Crippen LogP contribution in [-0.4, -0.2) is 57.0 Å². The van der Waals surface area contributed by atoms with Crippen molar-refractivity contribution in [2.75, 3.05) is 39.5 Å². The Balaban J connectivity index is 3.40. The molecule has 0 bridgehead atoms. The molecular formula is C13H26N2O5. The van der Waals surface area contributed by atoms with Gasteiger partial charge < -0.3 is 25.3 Å². The van der Waals surface area contributed by atoms with E-state index in [-0.39, 0.29) is 31.5 Å². The summed E-state index contributed by atoms with van der Waals surface area (Å²) in [6.07, 6.45) is 0.199. The second kappa shape index (κ2) is 10.6. The van der Waals surface area contributed by atoms with E-state index in [4.69, 9.17) is 19.9 Å². The summed E-state index contributed by atoms with van der Waals surface area (Å²) in [5.74, 6) is -0.508. The molecule has 0 spiro atoms. The summed E-state index contributed by atoms with van der Waals surface area (Å²) in [5.41, 5.74) is 4.74. The molecule has 0 aliphatic heterocycles. The van der Waals surface area contributed by atoms with Crippen LogP contribution in [0.25, 0.3) is 0 Å². The molecule has 3 N–H and O–H groups in total. The molecule has 0 aromatic carbocycles. The molecule has 0 aromatic heterocycles. The highest BCUT2D eigenvalue weighted by Gasteiger charge is 2.15. The predicted molar refractivity (Wildman–Crippen MR) is 74.2 cm³/mol. The first-order valence-corrected chi connectivity index (χ1v) is 6.69. The Morgan fingerprint density at radius 3 is 2.40 bits per heavy atom. The lowest BCUT2D eigenvalue weighted by atomic mass is 10.2. The maximum absolute atomic E-state index is 11.3. The molecule has 0 rings (SSSR count). The minimum atomic E-state index is -0.478. The average Bonchev–Trinajstić information content (AvgIpc) is 2.31. The van der Waals surface area contributed by atoms with Gasteiger partial charge in [-0.1, -0.05) is 0 Å². The van der Waals surface area contributed by atoms with Crippen LogP contribution in [0.3, 0.4) is 0 Å². The van der Waals surface area contributed by atoms with E-state index in [2.05, 4.69) is 5.32 Å². The van der Waals surface area contributed by atoms with Crippen molar-refractivity contribution in [2.24, 2.45) is 5.73 Å². The average molecular weight is 290 g/mol. The number of carbonyl (C=O) groups is 2. The molecule has 7 heteroatoms. The van der Waals surface area contributed by atoms with E-state index < -0.39 is 5.60 Å². The van der Waals surface area contributed by atoms with E-state index in [0.717, 1.165) is 0 Å². The Morgan fingerprint density at radius 2 is 1.80 bits per heavy atom. The lowest BCUT2D eigenvalue weighted by Crippen LogP contribution is -2.31. The molecule has 0 fully saturated rings. The minimum absolute atomic E-state index is 0.00485. The van der Waals surface area contributed by atoms with E-state index in [1.54, 1.807) is 0 Å². The van der Waals surface area contributed by atoms with Gasteiger partial charge in [-0.05, 0) is 20.8 Å². The number of carbonyl (C=O) groups excluding carboxylic acids is 2. The van der Waals surface area contributed by atoms with Crippen molar-refractivity contribution in [1.29, 1.82) is 0 Å². The largest absolute Gasteiger partial charge is 0.460 e. The maximum Gasteiger partial charge on any atom is 0.308 e. The SMILES string of the molecule is CC(C)(C)OC(=O)CCOCCNC(=O)COCCN. The van der Waals surface area contributed by atoms with Crippen molar-refractivity contribution >= 4 is 11.9 Å². The van der Waals surface area contributed by atoms with Gasteiger partial charge in [-0.15, -0.1) is 0 Å². The predicted octanol–water partition coefficient (Wildman–Crippen LogP) is -0.174. The number of amides is 1. The Hall–Kier alpha value is -1.18. The molecule has 1 amide bonds. The molecule has 0 saturated carbocycles. The molecule has 0 atom stereocenters. The first kappa shape index (κ1) is 18.8. The van der Waals surface area contributed by atoms with Crippen LogP contribution in [-0.2, 0) is 23.8 Å². The van der Waals surface area contributed by atoms with Gasteiger partial charge in [0.05, 0.1) is 26.2 Å². The summed E-state index contributed by atoms with van der Waals surface area (Å²) in [4.78, 5) is 22.6. The molecule has 118 valence electrons. The summed E-state index contributed by atoms with van der Waals surface area (Å²) in [6.45, 7) is 7.17. The fourth-order valence-corrected chi connectivity index (χ4v) is 1.21. The van der Waals surface area contributed by atoms with Crippen LogP contribution < -0.4 is 11.1 Å². The van der Waals surface area contributed by atoms with E-state index in [1.807, 2.05) is 20.8 Å². The number of hydrogen-bond donors (Lipinski definition) is 2. The van der Waals surface area contributed by atoms with Crippen LogP contribution in [0.15, 0.2) is 0 Å². The molecule has 0 aromatic rings. The van der Waals surface area contributed by atoms with Crippen molar-refractivity contribution in [1.82, 2.24) is 5.32 Å². The molecular weight excluding hydrogens is 264 g/mol. The third-order valence-electron chi connectivity index (χ3n) is 1.93. The van der Waals surface area contributed by atoms with E-state index >= 15 is 0 Å². The standard InChI is InChI=1S/C13H26N2O5/c1-13(2,3)20-12(17)4-7-18-9-6-15-11(16)10-19-8-5-14/h4-10,14H2,1-3H3,(H,15,16). The summed E-state index contributed by atoms with van der Waals surface area (Å²) in [5, 5.41) is 2.62. The number of rotatable bonds is 10. The smallest absolute Gasteiger partial charge is 0.308 e. The molecule has 0 heterocycles. The van der Waals surface area contributed by atoms with Crippen LogP contribution in [0.4, 0.5) is 0 Å². The Bertz CT molecular complexity index is 289. The quantitative estimate of drug-likeness (QED) is 0.428. The molecule has 7 nitrogen and oxygen atoms in total. The fourth-order valence-electron chi connectivity index (χ4n) is 1.21. The van der Waals surface area contributed by atoms with E-state index in [9.17, 15) is 9.59 Å². The molecule has 20 heavy (non-hydrogen) atoms. The number of hydrogen-bond acceptors (Lipinski definition) is 6. The van der Waals surface area contributed by atoms with Crippen molar-refractivity contribution < 1.29 is 23.8 Å². The van der Waals surface area contributed by atoms with Gasteiger partial charge in [0.1, 0.15) is 12.2 Å². The first-order valence-electron chi connectivity index (χ1n) is 6.69. The van der Waals surface area contributed by atoms with E-state index in [1.165, 1.54) is 0 Å². The second-order valence-corrected chi connectivity index (χ2v) is 5.14. The lowest BCUT2D eigenvalue weighted by Gasteiger charge is -2.19. The van der Waals surface area contributed by atoms with Crippen LogP contribution in [0.2, 0.25) is 0 Å². The topological polar surface area (TPSA) is 99.9 Å². The van der Waals surface area contributed by atoms with E-state index in [0.29, 0.717) is 26.3 Å². The molecule has 0 aliphatic carbocycles. The van der Waals surface area contributed by atoms with Crippen LogP contribution in [0.1, 0.15) is 27.2 Å². The van der Waals surface area contributed by atoms with Crippen molar-refractivity contribution in [2.45, 2.75) is 32.8 Å². The van der Waals surface area contributed by atoms with Gasteiger partial charge in [0, 0.05) is 13.1 Å². The summed E-state index contributed by atoms with van der Waals surface area (Å²) in [7, 11) is 0. The van der Waals surface area contributed by atoms with Crippen LogP contribution >= 0.6 is 0 Å². The van der Waals surface area contributed by atoms with Gasteiger partial charge >= 0.3 is 5.97 Å². The number of nitrogens with two attached hydrogens (primary N) is 1. The van der Waals surface area contributed by atoms with Crippen molar-refractivity contribution in [3.8, 4) is 0 Å². The summed E-state index contributed by atoms with van der Waals surface area (Å²) in [6, 6.07) is 0.